The Hall–Kier alpha value is -0.780. The van der Waals surface area contributed by atoms with Gasteiger partial charge in [-0.2, -0.15) is 0 Å². The summed E-state index contributed by atoms with van der Waals surface area (Å²) in [6.07, 6.45) is 1.55. The maximum atomic E-state index is 11.8. The molecule has 0 aliphatic heterocycles. The van der Waals surface area contributed by atoms with Gasteiger partial charge in [0.2, 0.25) is 5.91 Å². The van der Waals surface area contributed by atoms with Crippen molar-refractivity contribution in [1.82, 2.24) is 0 Å². The van der Waals surface area contributed by atoms with Crippen LogP contribution in [0.1, 0.15) is 19.8 Å². The van der Waals surface area contributed by atoms with E-state index in [2.05, 4.69) is 21.2 Å². The lowest BCUT2D eigenvalue weighted by Gasteiger charge is -2.14. The molecule has 0 bridgehead atoms. The van der Waals surface area contributed by atoms with Crippen LogP contribution in [0.25, 0.3) is 0 Å². The minimum atomic E-state index is -0.483. The highest BCUT2D eigenvalue weighted by Gasteiger charge is 2.14. The number of nitrogens with two attached hydrogens (primary N) is 1. The van der Waals surface area contributed by atoms with Crippen molar-refractivity contribution in [1.29, 1.82) is 0 Å². The monoisotopic (exact) mass is 336 g/mol. The highest BCUT2D eigenvalue weighted by molar-refractivity contribution is 9.10. The Kier molecular flexibility index (Phi) is 7.98. The van der Waals surface area contributed by atoms with Gasteiger partial charge in [0, 0.05) is 4.47 Å². The number of hydrogen-bond donors (Lipinski definition) is 2. The van der Waals surface area contributed by atoms with Crippen LogP contribution in [0.2, 0.25) is 0 Å². The third kappa shape index (κ3) is 4.84. The van der Waals surface area contributed by atoms with Crippen LogP contribution in [0.5, 0.6) is 5.75 Å². The van der Waals surface area contributed by atoms with Crippen LogP contribution in [0.3, 0.4) is 0 Å². The zero-order valence-corrected chi connectivity index (χ0v) is 12.8. The van der Waals surface area contributed by atoms with Gasteiger partial charge in [-0.25, -0.2) is 0 Å². The quantitative estimate of drug-likeness (QED) is 0.868. The number of anilines is 1. The number of hydrogen-bond acceptors (Lipinski definition) is 3. The van der Waals surface area contributed by atoms with Crippen molar-refractivity contribution in [3.8, 4) is 5.75 Å². The van der Waals surface area contributed by atoms with E-state index in [1.54, 1.807) is 19.2 Å². The summed E-state index contributed by atoms with van der Waals surface area (Å²) in [4.78, 5) is 11.8. The highest BCUT2D eigenvalue weighted by atomic mass is 79.9. The van der Waals surface area contributed by atoms with Crippen molar-refractivity contribution in [3.63, 3.8) is 0 Å². The van der Waals surface area contributed by atoms with Gasteiger partial charge in [-0.15, -0.1) is 12.4 Å². The van der Waals surface area contributed by atoms with Crippen LogP contribution >= 0.6 is 28.3 Å². The number of nitrogens with one attached hydrogen (secondary N) is 1. The molecule has 1 aromatic carbocycles. The summed E-state index contributed by atoms with van der Waals surface area (Å²) < 4.78 is 6.04. The fourth-order valence-corrected chi connectivity index (χ4v) is 1.81. The summed E-state index contributed by atoms with van der Waals surface area (Å²) in [6.45, 7) is 1.99. The van der Waals surface area contributed by atoms with Crippen molar-refractivity contribution < 1.29 is 9.53 Å². The molecule has 0 aromatic heterocycles. The van der Waals surface area contributed by atoms with Crippen molar-refractivity contribution in [2.24, 2.45) is 5.73 Å². The lowest BCUT2D eigenvalue weighted by atomic mass is 10.1. The minimum Gasteiger partial charge on any atom is -0.495 e. The highest BCUT2D eigenvalue weighted by Crippen LogP contribution is 2.27. The second kappa shape index (κ2) is 8.34. The molecule has 0 saturated heterocycles. The van der Waals surface area contributed by atoms with Gasteiger partial charge in [0.15, 0.2) is 0 Å². The number of halogens is 2. The van der Waals surface area contributed by atoms with E-state index in [4.69, 9.17) is 10.5 Å². The van der Waals surface area contributed by atoms with Gasteiger partial charge < -0.3 is 15.8 Å². The molecule has 1 rings (SSSR count). The molecule has 102 valence electrons. The van der Waals surface area contributed by atoms with Gasteiger partial charge in [-0.1, -0.05) is 29.3 Å². The van der Waals surface area contributed by atoms with Gasteiger partial charge in [0.25, 0.3) is 0 Å². The molecule has 0 aliphatic rings. The third-order valence-electron chi connectivity index (χ3n) is 2.36. The molecule has 1 atom stereocenters. The van der Waals surface area contributed by atoms with Gasteiger partial charge in [0.1, 0.15) is 5.75 Å². The molecular weight excluding hydrogens is 320 g/mol. The molecule has 0 saturated carbocycles. The maximum Gasteiger partial charge on any atom is 0.241 e. The molecule has 3 N–H and O–H groups in total. The Bertz CT molecular complexity index is 402. The molecule has 4 nitrogen and oxygen atoms in total. The van der Waals surface area contributed by atoms with E-state index in [9.17, 15) is 4.79 Å². The SMILES string of the molecule is CCCC(N)C(=O)Nc1cc(Br)ccc1OC.Cl. The molecule has 1 aromatic rings. The molecule has 0 spiro atoms. The number of rotatable bonds is 5. The molecule has 0 fully saturated rings. The van der Waals surface area contributed by atoms with Gasteiger partial charge in [0.05, 0.1) is 18.8 Å². The zero-order valence-electron chi connectivity index (χ0n) is 10.4. The molecule has 6 heteroatoms. The van der Waals surface area contributed by atoms with E-state index >= 15 is 0 Å². The first-order valence-corrected chi connectivity index (χ1v) is 6.27. The number of ether oxygens (including phenoxy) is 1. The van der Waals surface area contributed by atoms with Crippen LogP contribution < -0.4 is 15.8 Å². The number of carbonyl (C=O) groups is 1. The van der Waals surface area contributed by atoms with Crippen molar-refractivity contribution >= 4 is 39.9 Å². The Morgan fingerprint density at radius 2 is 2.22 bits per heavy atom. The van der Waals surface area contributed by atoms with Crippen LogP contribution in [-0.4, -0.2) is 19.1 Å². The largest absolute Gasteiger partial charge is 0.495 e. The second-order valence-corrected chi connectivity index (χ2v) is 4.64. The summed E-state index contributed by atoms with van der Waals surface area (Å²) in [5.74, 6) is 0.425. The topological polar surface area (TPSA) is 64.4 Å². The standard InChI is InChI=1S/C12H17BrN2O2.ClH/c1-3-4-9(14)12(16)15-10-7-8(13)5-6-11(10)17-2;/h5-7,9H,3-4,14H2,1-2H3,(H,15,16);1H. The first kappa shape index (κ1) is 17.2. The third-order valence-corrected chi connectivity index (χ3v) is 2.85. The van der Waals surface area contributed by atoms with E-state index in [0.29, 0.717) is 17.9 Å². The summed E-state index contributed by atoms with van der Waals surface area (Å²) in [7, 11) is 1.56. The molecule has 0 radical (unpaired) electrons. The van der Waals surface area contributed by atoms with Crippen LogP contribution in [0.4, 0.5) is 5.69 Å². The van der Waals surface area contributed by atoms with Gasteiger partial charge in [-0.3, -0.25) is 4.79 Å². The fourth-order valence-electron chi connectivity index (χ4n) is 1.45. The summed E-state index contributed by atoms with van der Waals surface area (Å²) >= 11 is 3.35. The second-order valence-electron chi connectivity index (χ2n) is 3.73. The lowest BCUT2D eigenvalue weighted by molar-refractivity contribution is -0.117. The van der Waals surface area contributed by atoms with Crippen LogP contribution in [0.15, 0.2) is 22.7 Å². The lowest BCUT2D eigenvalue weighted by Crippen LogP contribution is -2.35. The summed E-state index contributed by atoms with van der Waals surface area (Å²) in [5, 5.41) is 2.77. The van der Waals surface area contributed by atoms with E-state index < -0.39 is 6.04 Å². The van der Waals surface area contributed by atoms with Crippen molar-refractivity contribution in [3.05, 3.63) is 22.7 Å². The first-order chi connectivity index (χ1) is 8.08. The minimum absolute atomic E-state index is 0. The molecule has 1 amide bonds. The number of methoxy groups -OCH3 is 1. The number of amides is 1. The van der Waals surface area contributed by atoms with Gasteiger partial charge >= 0.3 is 0 Å². The Labute approximate surface area is 122 Å². The Balaban J connectivity index is 0.00000289. The average molecular weight is 338 g/mol. The molecule has 18 heavy (non-hydrogen) atoms. The Morgan fingerprint density at radius 3 is 2.78 bits per heavy atom. The molecular formula is C12H18BrClN2O2. The smallest absolute Gasteiger partial charge is 0.241 e. The van der Waals surface area contributed by atoms with E-state index in [0.717, 1.165) is 10.9 Å². The first-order valence-electron chi connectivity index (χ1n) is 5.48. The van der Waals surface area contributed by atoms with Crippen LogP contribution in [-0.2, 0) is 4.79 Å². The molecule has 0 aliphatic carbocycles. The van der Waals surface area contributed by atoms with E-state index in [1.807, 2.05) is 13.0 Å². The van der Waals surface area contributed by atoms with Crippen molar-refractivity contribution in [2.45, 2.75) is 25.8 Å². The van der Waals surface area contributed by atoms with E-state index in [1.165, 1.54) is 0 Å². The molecule has 0 heterocycles. The van der Waals surface area contributed by atoms with Crippen LogP contribution in [0, 0.1) is 0 Å². The van der Waals surface area contributed by atoms with Crippen molar-refractivity contribution in [2.75, 3.05) is 12.4 Å². The normalized spacial score (nSPS) is 11.3. The summed E-state index contributed by atoms with van der Waals surface area (Å²) in [5.41, 5.74) is 6.36. The zero-order chi connectivity index (χ0) is 12.8. The predicted octanol–water partition coefficient (Wildman–Crippen LogP) is 2.95. The predicted molar refractivity (Wildman–Crippen MR) is 79.5 cm³/mol. The maximum absolute atomic E-state index is 11.8. The van der Waals surface area contributed by atoms with Gasteiger partial charge in [-0.05, 0) is 24.6 Å². The number of benzene rings is 1. The fraction of sp³-hybridized carbons (Fsp3) is 0.417. The average Bonchev–Trinajstić information content (AvgIpc) is 2.29. The summed E-state index contributed by atoms with van der Waals surface area (Å²) in [6, 6.07) is 4.93. The number of carbonyl (C=O) groups excluding carboxylic acids is 1. The van der Waals surface area contributed by atoms with E-state index in [-0.39, 0.29) is 18.3 Å². The molecule has 1 unspecified atom stereocenters. The Morgan fingerprint density at radius 1 is 1.56 bits per heavy atom.